The number of nitrogens with one attached hydrogen (secondary N) is 1. The summed E-state index contributed by atoms with van der Waals surface area (Å²) in [6.45, 7) is 2.24. The van der Waals surface area contributed by atoms with Crippen molar-refractivity contribution in [3.8, 4) is 6.07 Å². The summed E-state index contributed by atoms with van der Waals surface area (Å²) in [5.74, 6) is -0.497. The topological polar surface area (TPSA) is 70.7 Å². The molecule has 0 fully saturated rings. The molecular weight excluding hydrogens is 356 g/mol. The van der Waals surface area contributed by atoms with Crippen molar-refractivity contribution in [2.75, 3.05) is 5.32 Å². The number of anilines is 1. The molecule has 1 heterocycles. The molecule has 0 bridgehead atoms. The maximum atomic E-state index is 12.2. The van der Waals surface area contributed by atoms with Gasteiger partial charge in [0.2, 0.25) is 5.91 Å². The molecule has 0 aliphatic carbocycles. The lowest BCUT2D eigenvalue weighted by Crippen LogP contribution is -2.25. The van der Waals surface area contributed by atoms with Gasteiger partial charge in [-0.25, -0.2) is 0 Å². The number of carbonyl (C=O) groups is 1. The number of nitriles is 1. The van der Waals surface area contributed by atoms with Gasteiger partial charge >= 0.3 is 0 Å². The van der Waals surface area contributed by atoms with Gasteiger partial charge in [-0.15, -0.1) is 0 Å². The molecule has 2 rings (SSSR count). The molecule has 0 aliphatic rings. The number of aromatic nitrogens is 2. The van der Waals surface area contributed by atoms with Crippen LogP contribution in [0.4, 0.5) is 5.69 Å². The van der Waals surface area contributed by atoms with Gasteiger partial charge < -0.3 is 5.32 Å². The van der Waals surface area contributed by atoms with Gasteiger partial charge in [0.15, 0.2) is 0 Å². The lowest BCUT2D eigenvalue weighted by molar-refractivity contribution is -0.119. The molecule has 0 radical (unpaired) electrons. The Labute approximate surface area is 135 Å². The van der Waals surface area contributed by atoms with Crippen LogP contribution in [-0.2, 0) is 11.3 Å². The van der Waals surface area contributed by atoms with Gasteiger partial charge in [-0.1, -0.05) is 18.5 Å². The molecular formula is C14H12BrClN4O. The van der Waals surface area contributed by atoms with Crippen LogP contribution in [0.3, 0.4) is 0 Å². The fourth-order valence-electron chi connectivity index (χ4n) is 1.78. The Kier molecular flexibility index (Phi) is 4.99. The summed E-state index contributed by atoms with van der Waals surface area (Å²) in [6, 6.07) is 6.78. The summed E-state index contributed by atoms with van der Waals surface area (Å²) in [5.41, 5.74) is 0.797. The first-order chi connectivity index (χ1) is 9.99. The summed E-state index contributed by atoms with van der Waals surface area (Å²) in [7, 11) is 0. The zero-order valence-corrected chi connectivity index (χ0v) is 13.5. The lowest BCUT2D eigenvalue weighted by atomic mass is 10.1. The highest BCUT2D eigenvalue weighted by Crippen LogP contribution is 2.21. The predicted octanol–water partition coefficient (Wildman–Crippen LogP) is 3.45. The maximum Gasteiger partial charge on any atom is 0.229 e. The van der Waals surface area contributed by atoms with Gasteiger partial charge in [0.1, 0.15) is 6.07 Å². The summed E-state index contributed by atoms with van der Waals surface area (Å²) in [6.07, 6.45) is 3.46. The minimum atomic E-state index is -0.303. The van der Waals surface area contributed by atoms with E-state index in [-0.39, 0.29) is 11.8 Å². The Morgan fingerprint density at radius 3 is 3.00 bits per heavy atom. The lowest BCUT2D eigenvalue weighted by Gasteiger charge is -2.13. The SMILES string of the molecule is CC(Cn1cc(Br)cn1)C(=O)Nc1cc(Cl)ccc1C#N. The van der Waals surface area contributed by atoms with E-state index in [2.05, 4.69) is 26.3 Å². The zero-order chi connectivity index (χ0) is 15.4. The van der Waals surface area contributed by atoms with Crippen LogP contribution in [0.15, 0.2) is 35.1 Å². The number of halogens is 2. The van der Waals surface area contributed by atoms with E-state index in [1.807, 2.05) is 6.07 Å². The number of hydrogen-bond donors (Lipinski definition) is 1. The fraction of sp³-hybridized carbons (Fsp3) is 0.214. The highest BCUT2D eigenvalue weighted by Gasteiger charge is 2.16. The number of amides is 1. The van der Waals surface area contributed by atoms with Crippen molar-refractivity contribution in [1.29, 1.82) is 5.26 Å². The molecule has 5 nitrogen and oxygen atoms in total. The van der Waals surface area contributed by atoms with Crippen LogP contribution in [0.1, 0.15) is 12.5 Å². The fourth-order valence-corrected chi connectivity index (χ4v) is 2.28. The Balaban J connectivity index is 2.07. The molecule has 0 saturated carbocycles. The van der Waals surface area contributed by atoms with E-state index < -0.39 is 0 Å². The van der Waals surface area contributed by atoms with Crippen LogP contribution >= 0.6 is 27.5 Å². The molecule has 1 aromatic carbocycles. The first-order valence-corrected chi connectivity index (χ1v) is 7.35. The van der Waals surface area contributed by atoms with E-state index in [9.17, 15) is 4.79 Å². The number of nitrogens with zero attached hydrogens (tertiary/aromatic N) is 3. The van der Waals surface area contributed by atoms with E-state index in [0.717, 1.165) is 4.47 Å². The second kappa shape index (κ2) is 6.74. The van der Waals surface area contributed by atoms with Crippen LogP contribution in [-0.4, -0.2) is 15.7 Å². The second-order valence-electron chi connectivity index (χ2n) is 4.57. The van der Waals surface area contributed by atoms with E-state index in [1.165, 1.54) is 0 Å². The minimum absolute atomic E-state index is 0.194. The predicted molar refractivity (Wildman–Crippen MR) is 83.9 cm³/mol. The summed E-state index contributed by atoms with van der Waals surface area (Å²) in [5, 5.41) is 16.3. The van der Waals surface area contributed by atoms with E-state index in [4.69, 9.17) is 16.9 Å². The monoisotopic (exact) mass is 366 g/mol. The molecule has 1 N–H and O–H groups in total. The quantitative estimate of drug-likeness (QED) is 0.900. The van der Waals surface area contributed by atoms with Gasteiger partial charge in [-0.05, 0) is 34.1 Å². The van der Waals surface area contributed by atoms with Crippen LogP contribution in [0.25, 0.3) is 0 Å². The Hall–Kier alpha value is -1.84. The first kappa shape index (κ1) is 15.5. The van der Waals surface area contributed by atoms with E-state index in [1.54, 1.807) is 42.2 Å². The molecule has 7 heteroatoms. The molecule has 1 unspecified atom stereocenters. The molecule has 108 valence electrons. The molecule has 21 heavy (non-hydrogen) atoms. The molecule has 2 aromatic rings. The van der Waals surface area contributed by atoms with Crippen LogP contribution in [0, 0.1) is 17.2 Å². The number of rotatable bonds is 4. The standard InChI is InChI=1S/C14H12BrClN4O/c1-9(7-20-8-11(15)6-18-20)14(21)19-13-4-12(16)3-2-10(13)5-17/h2-4,6,8-9H,7H2,1H3,(H,19,21). The van der Waals surface area contributed by atoms with Crippen molar-refractivity contribution >= 4 is 39.1 Å². The molecule has 1 atom stereocenters. The summed E-state index contributed by atoms with van der Waals surface area (Å²) in [4.78, 5) is 12.2. The third-order valence-electron chi connectivity index (χ3n) is 2.87. The van der Waals surface area contributed by atoms with Crippen LogP contribution < -0.4 is 5.32 Å². The highest BCUT2D eigenvalue weighted by molar-refractivity contribution is 9.10. The number of benzene rings is 1. The second-order valence-corrected chi connectivity index (χ2v) is 5.92. The van der Waals surface area contributed by atoms with Gasteiger partial charge in [-0.3, -0.25) is 9.48 Å². The molecule has 0 aliphatic heterocycles. The van der Waals surface area contributed by atoms with Gasteiger partial charge in [0, 0.05) is 11.2 Å². The average molecular weight is 368 g/mol. The maximum absolute atomic E-state index is 12.2. The van der Waals surface area contributed by atoms with Crippen molar-refractivity contribution in [3.63, 3.8) is 0 Å². The highest BCUT2D eigenvalue weighted by atomic mass is 79.9. The minimum Gasteiger partial charge on any atom is -0.325 e. The van der Waals surface area contributed by atoms with E-state index >= 15 is 0 Å². The van der Waals surface area contributed by atoms with Crippen molar-refractivity contribution in [2.24, 2.45) is 5.92 Å². The zero-order valence-electron chi connectivity index (χ0n) is 11.2. The molecule has 1 aromatic heterocycles. The third-order valence-corrected chi connectivity index (χ3v) is 3.51. The van der Waals surface area contributed by atoms with Gasteiger partial charge in [0.05, 0.1) is 34.4 Å². The number of carbonyl (C=O) groups excluding carboxylic acids is 1. The van der Waals surface area contributed by atoms with Crippen LogP contribution in [0.5, 0.6) is 0 Å². The van der Waals surface area contributed by atoms with E-state index in [0.29, 0.717) is 22.8 Å². The molecule has 0 saturated heterocycles. The summed E-state index contributed by atoms with van der Waals surface area (Å²) < 4.78 is 2.54. The first-order valence-electron chi connectivity index (χ1n) is 6.18. The average Bonchev–Trinajstić information content (AvgIpc) is 2.84. The van der Waals surface area contributed by atoms with Crippen molar-refractivity contribution in [2.45, 2.75) is 13.5 Å². The molecule has 1 amide bonds. The smallest absolute Gasteiger partial charge is 0.229 e. The summed E-state index contributed by atoms with van der Waals surface area (Å²) >= 11 is 9.19. The third kappa shape index (κ3) is 4.06. The Morgan fingerprint density at radius 1 is 1.62 bits per heavy atom. The Bertz CT molecular complexity index is 707. The van der Waals surface area contributed by atoms with Gasteiger partial charge in [0.25, 0.3) is 0 Å². The largest absolute Gasteiger partial charge is 0.325 e. The van der Waals surface area contributed by atoms with Crippen molar-refractivity contribution in [1.82, 2.24) is 9.78 Å². The number of hydrogen-bond acceptors (Lipinski definition) is 3. The normalized spacial score (nSPS) is 11.7. The van der Waals surface area contributed by atoms with Crippen LogP contribution in [0.2, 0.25) is 5.02 Å². The van der Waals surface area contributed by atoms with Crippen molar-refractivity contribution < 1.29 is 4.79 Å². The van der Waals surface area contributed by atoms with Gasteiger partial charge in [-0.2, -0.15) is 10.4 Å². The van der Waals surface area contributed by atoms with Crippen molar-refractivity contribution in [3.05, 3.63) is 45.7 Å². The Morgan fingerprint density at radius 2 is 2.38 bits per heavy atom. The molecule has 0 spiro atoms.